The molecule has 0 aliphatic heterocycles. The second kappa shape index (κ2) is 7.54. The fourth-order valence-corrected chi connectivity index (χ4v) is 2.34. The molecule has 5 heteroatoms. The van der Waals surface area contributed by atoms with Gasteiger partial charge in [0.2, 0.25) is 11.8 Å². The second-order valence-electron chi connectivity index (χ2n) is 5.38. The van der Waals surface area contributed by atoms with Crippen molar-refractivity contribution in [3.63, 3.8) is 0 Å². The first-order valence-electron chi connectivity index (χ1n) is 7.34. The standard InChI is InChI=1S/C18H19FN2O2/c1-12-10-15(19)8-9-16(12)21-18(23)11-17(20-13(2)22)14-6-4-3-5-7-14/h3-10,17H,11H2,1-2H3,(H,20,22)(H,21,23)/t17-/m0/s1. The number of aryl methyl sites for hydroxylation is 1. The lowest BCUT2D eigenvalue weighted by Crippen LogP contribution is -2.29. The summed E-state index contributed by atoms with van der Waals surface area (Å²) in [4.78, 5) is 23.6. The van der Waals surface area contributed by atoms with Gasteiger partial charge in [-0.1, -0.05) is 30.3 Å². The first-order chi connectivity index (χ1) is 11.0. The van der Waals surface area contributed by atoms with E-state index in [1.54, 1.807) is 6.92 Å². The third-order valence-corrected chi connectivity index (χ3v) is 3.43. The lowest BCUT2D eigenvalue weighted by Gasteiger charge is -2.18. The quantitative estimate of drug-likeness (QED) is 0.889. The van der Waals surface area contributed by atoms with Crippen LogP contribution in [0.3, 0.4) is 0 Å². The number of hydrogen-bond acceptors (Lipinski definition) is 2. The Morgan fingerprint density at radius 3 is 2.43 bits per heavy atom. The van der Waals surface area contributed by atoms with Crippen LogP contribution in [0.2, 0.25) is 0 Å². The van der Waals surface area contributed by atoms with Crippen LogP contribution in [0, 0.1) is 12.7 Å². The average Bonchev–Trinajstić information content (AvgIpc) is 2.50. The molecule has 0 saturated heterocycles. The third kappa shape index (κ3) is 4.92. The van der Waals surface area contributed by atoms with Crippen molar-refractivity contribution in [2.75, 3.05) is 5.32 Å². The number of rotatable bonds is 5. The van der Waals surface area contributed by atoms with E-state index in [1.165, 1.54) is 25.1 Å². The lowest BCUT2D eigenvalue weighted by molar-refractivity contribution is -0.120. The Hall–Kier alpha value is -2.69. The summed E-state index contributed by atoms with van der Waals surface area (Å²) in [6.45, 7) is 3.14. The third-order valence-electron chi connectivity index (χ3n) is 3.43. The van der Waals surface area contributed by atoms with E-state index in [1.807, 2.05) is 30.3 Å². The highest BCUT2D eigenvalue weighted by atomic mass is 19.1. The fourth-order valence-electron chi connectivity index (χ4n) is 2.34. The Bertz CT molecular complexity index is 701. The molecule has 2 N–H and O–H groups in total. The fraction of sp³-hybridized carbons (Fsp3) is 0.222. The van der Waals surface area contributed by atoms with Crippen LogP contribution >= 0.6 is 0 Å². The van der Waals surface area contributed by atoms with Gasteiger partial charge >= 0.3 is 0 Å². The molecule has 2 rings (SSSR count). The van der Waals surface area contributed by atoms with Crippen LogP contribution in [0.1, 0.15) is 30.5 Å². The van der Waals surface area contributed by atoms with Crippen molar-refractivity contribution in [1.82, 2.24) is 5.32 Å². The van der Waals surface area contributed by atoms with Crippen molar-refractivity contribution in [2.24, 2.45) is 0 Å². The molecular formula is C18H19FN2O2. The van der Waals surface area contributed by atoms with E-state index in [4.69, 9.17) is 0 Å². The molecule has 2 amide bonds. The van der Waals surface area contributed by atoms with Gasteiger partial charge in [-0.3, -0.25) is 9.59 Å². The van der Waals surface area contributed by atoms with Crippen molar-refractivity contribution in [3.8, 4) is 0 Å². The Morgan fingerprint density at radius 1 is 1.13 bits per heavy atom. The normalized spacial score (nSPS) is 11.6. The van der Waals surface area contributed by atoms with Crippen molar-refractivity contribution in [3.05, 3.63) is 65.5 Å². The Morgan fingerprint density at radius 2 is 1.83 bits per heavy atom. The molecule has 2 aromatic rings. The molecule has 0 fully saturated rings. The van der Waals surface area contributed by atoms with Gasteiger partial charge < -0.3 is 10.6 Å². The summed E-state index contributed by atoms with van der Waals surface area (Å²) in [7, 11) is 0. The zero-order valence-corrected chi connectivity index (χ0v) is 13.1. The molecule has 23 heavy (non-hydrogen) atoms. The van der Waals surface area contributed by atoms with E-state index in [0.29, 0.717) is 11.3 Å². The van der Waals surface area contributed by atoms with Crippen molar-refractivity contribution < 1.29 is 14.0 Å². The molecule has 1 atom stereocenters. The molecule has 120 valence electrons. The van der Waals surface area contributed by atoms with Gasteiger partial charge in [0.15, 0.2) is 0 Å². The van der Waals surface area contributed by atoms with E-state index >= 15 is 0 Å². The average molecular weight is 314 g/mol. The molecule has 4 nitrogen and oxygen atoms in total. The molecule has 0 bridgehead atoms. The van der Waals surface area contributed by atoms with Gasteiger partial charge in [0.1, 0.15) is 5.82 Å². The van der Waals surface area contributed by atoms with E-state index < -0.39 is 6.04 Å². The maximum absolute atomic E-state index is 13.1. The molecule has 2 aromatic carbocycles. The minimum Gasteiger partial charge on any atom is -0.349 e. The highest BCUT2D eigenvalue weighted by Gasteiger charge is 2.17. The van der Waals surface area contributed by atoms with Gasteiger partial charge in [0, 0.05) is 12.6 Å². The van der Waals surface area contributed by atoms with Crippen molar-refractivity contribution in [2.45, 2.75) is 26.3 Å². The summed E-state index contributed by atoms with van der Waals surface area (Å²) >= 11 is 0. The summed E-state index contributed by atoms with van der Waals surface area (Å²) in [5, 5.41) is 5.53. The zero-order chi connectivity index (χ0) is 16.8. The van der Waals surface area contributed by atoms with E-state index in [0.717, 1.165) is 5.56 Å². The Labute approximate surface area is 134 Å². The number of amides is 2. The Kier molecular flexibility index (Phi) is 5.46. The minimum atomic E-state index is -0.408. The number of anilines is 1. The van der Waals surface area contributed by atoms with Crippen molar-refractivity contribution in [1.29, 1.82) is 0 Å². The molecule has 0 aliphatic carbocycles. The summed E-state index contributed by atoms with van der Waals surface area (Å²) in [6, 6.07) is 13.1. The Balaban J connectivity index is 2.09. The summed E-state index contributed by atoms with van der Waals surface area (Å²) < 4.78 is 13.1. The monoisotopic (exact) mass is 314 g/mol. The predicted octanol–water partition coefficient (Wildman–Crippen LogP) is 3.34. The van der Waals surface area contributed by atoms with E-state index in [9.17, 15) is 14.0 Å². The van der Waals surface area contributed by atoms with Gasteiger partial charge in [0.05, 0.1) is 12.5 Å². The highest BCUT2D eigenvalue weighted by Crippen LogP contribution is 2.20. The number of nitrogens with one attached hydrogen (secondary N) is 2. The van der Waals surface area contributed by atoms with Crippen LogP contribution in [0.5, 0.6) is 0 Å². The van der Waals surface area contributed by atoms with Crippen molar-refractivity contribution >= 4 is 17.5 Å². The molecule has 0 spiro atoms. The zero-order valence-electron chi connectivity index (χ0n) is 13.1. The highest BCUT2D eigenvalue weighted by molar-refractivity contribution is 5.92. The second-order valence-corrected chi connectivity index (χ2v) is 5.38. The maximum Gasteiger partial charge on any atom is 0.226 e. The topological polar surface area (TPSA) is 58.2 Å². The van der Waals surface area contributed by atoms with Gasteiger partial charge in [-0.05, 0) is 36.2 Å². The first kappa shape index (κ1) is 16.7. The predicted molar refractivity (Wildman–Crippen MR) is 87.4 cm³/mol. The molecule has 0 unspecified atom stereocenters. The van der Waals surface area contributed by atoms with Crippen LogP contribution < -0.4 is 10.6 Å². The number of carbonyl (C=O) groups is 2. The van der Waals surface area contributed by atoms with Crippen LogP contribution in [0.4, 0.5) is 10.1 Å². The molecule has 0 radical (unpaired) electrons. The summed E-state index contributed by atoms with van der Waals surface area (Å²) in [6.07, 6.45) is 0.0976. The van der Waals surface area contributed by atoms with E-state index in [2.05, 4.69) is 10.6 Å². The number of halogens is 1. The molecule has 0 aromatic heterocycles. The number of hydrogen-bond donors (Lipinski definition) is 2. The van der Waals surface area contributed by atoms with E-state index in [-0.39, 0.29) is 24.1 Å². The molecule has 0 heterocycles. The maximum atomic E-state index is 13.1. The number of carbonyl (C=O) groups excluding carboxylic acids is 2. The minimum absolute atomic E-state index is 0.0976. The first-order valence-corrected chi connectivity index (χ1v) is 7.34. The summed E-state index contributed by atoms with van der Waals surface area (Å²) in [5.41, 5.74) is 2.06. The molecule has 0 aliphatic rings. The molecule has 0 saturated carbocycles. The van der Waals surface area contributed by atoms with Crippen LogP contribution in [0.25, 0.3) is 0 Å². The molecular weight excluding hydrogens is 295 g/mol. The smallest absolute Gasteiger partial charge is 0.226 e. The van der Waals surface area contributed by atoms with Gasteiger partial charge in [0.25, 0.3) is 0 Å². The largest absolute Gasteiger partial charge is 0.349 e. The van der Waals surface area contributed by atoms with Crippen LogP contribution in [0.15, 0.2) is 48.5 Å². The van der Waals surface area contributed by atoms with Crippen LogP contribution in [-0.2, 0) is 9.59 Å². The summed E-state index contributed by atoms with van der Waals surface area (Å²) in [5.74, 6) is -0.798. The SMILES string of the molecule is CC(=O)N[C@@H](CC(=O)Nc1ccc(F)cc1C)c1ccccc1. The van der Waals surface area contributed by atoms with Gasteiger partial charge in [-0.25, -0.2) is 4.39 Å². The van der Waals surface area contributed by atoms with Gasteiger partial charge in [-0.2, -0.15) is 0 Å². The number of benzene rings is 2. The lowest BCUT2D eigenvalue weighted by atomic mass is 10.0. The van der Waals surface area contributed by atoms with Crippen LogP contribution in [-0.4, -0.2) is 11.8 Å². The van der Waals surface area contributed by atoms with Gasteiger partial charge in [-0.15, -0.1) is 0 Å².